The number of aryl methyl sites for hydroxylation is 1. The highest BCUT2D eigenvalue weighted by molar-refractivity contribution is 6.31. The van der Waals surface area contributed by atoms with E-state index in [-0.39, 0.29) is 11.9 Å². The first-order valence-electron chi connectivity index (χ1n) is 12.3. The van der Waals surface area contributed by atoms with E-state index in [4.69, 9.17) is 21.4 Å². The number of rotatable bonds is 3. The van der Waals surface area contributed by atoms with Gasteiger partial charge in [0.1, 0.15) is 11.2 Å². The molecule has 7 heteroatoms. The number of methoxy groups -OCH3 is 1. The molecule has 0 aliphatic carbocycles. The van der Waals surface area contributed by atoms with Gasteiger partial charge in [-0.2, -0.15) is 10.1 Å². The molecule has 6 rings (SSSR count). The lowest BCUT2D eigenvalue weighted by molar-refractivity contribution is -0.125. The molecule has 0 radical (unpaired) electrons. The zero-order valence-electron chi connectivity index (χ0n) is 20.7. The lowest BCUT2D eigenvalue weighted by Gasteiger charge is -2.53. The minimum atomic E-state index is -0.753. The van der Waals surface area contributed by atoms with Gasteiger partial charge in [-0.05, 0) is 74.4 Å². The molecule has 0 aromatic heterocycles. The van der Waals surface area contributed by atoms with Crippen molar-refractivity contribution in [3.05, 3.63) is 82.9 Å². The first-order valence-corrected chi connectivity index (χ1v) is 12.7. The van der Waals surface area contributed by atoms with Crippen molar-refractivity contribution in [3.8, 4) is 5.75 Å². The summed E-state index contributed by atoms with van der Waals surface area (Å²) in [5, 5.41) is 7.19. The van der Waals surface area contributed by atoms with Gasteiger partial charge in [0.05, 0.1) is 24.6 Å². The summed E-state index contributed by atoms with van der Waals surface area (Å²) < 4.78 is 5.35. The summed E-state index contributed by atoms with van der Waals surface area (Å²) in [4.78, 5) is 19.1. The molecule has 0 bridgehead atoms. The molecule has 6 nitrogen and oxygen atoms in total. The van der Waals surface area contributed by atoms with Crippen LogP contribution in [-0.2, 0) is 11.2 Å². The fraction of sp³-hybridized carbons (Fsp3) is 0.310. The molecule has 0 N–H and O–H groups in total. The second kappa shape index (κ2) is 8.56. The molecule has 3 heterocycles. The van der Waals surface area contributed by atoms with Crippen LogP contribution >= 0.6 is 11.6 Å². The number of hydrogen-bond donors (Lipinski definition) is 0. The average molecular weight is 501 g/mol. The highest BCUT2D eigenvalue weighted by Gasteiger charge is 2.60. The summed E-state index contributed by atoms with van der Waals surface area (Å²) in [5.74, 6) is 0.869. The number of amides is 1. The van der Waals surface area contributed by atoms with Crippen LogP contribution in [0.4, 0.5) is 17.1 Å². The Balaban J connectivity index is 1.43. The lowest BCUT2D eigenvalue weighted by Crippen LogP contribution is -2.67. The van der Waals surface area contributed by atoms with Crippen molar-refractivity contribution in [2.45, 2.75) is 26.3 Å². The Morgan fingerprint density at radius 3 is 2.42 bits per heavy atom. The fourth-order valence-electron chi connectivity index (χ4n) is 5.97. The number of carbonyl (C=O) groups excluding carboxylic acids is 1. The van der Waals surface area contributed by atoms with E-state index in [0.717, 1.165) is 52.7 Å². The van der Waals surface area contributed by atoms with Crippen LogP contribution in [0, 0.1) is 12.3 Å². The Bertz CT molecular complexity index is 1350. The SMILES string of the molecule is COc1ccc(N2CCN3c4cc(Cl)ccc4C[C@]4(C(=O)N(c5ccc(C)cc5)N=C4C)[C@H]3C2)cc1. The molecule has 0 saturated carbocycles. The topological polar surface area (TPSA) is 48.4 Å². The van der Waals surface area contributed by atoms with E-state index >= 15 is 0 Å². The quantitative estimate of drug-likeness (QED) is 0.488. The largest absolute Gasteiger partial charge is 0.497 e. The van der Waals surface area contributed by atoms with E-state index in [1.165, 1.54) is 0 Å². The number of halogens is 1. The van der Waals surface area contributed by atoms with Crippen LogP contribution in [0.15, 0.2) is 71.8 Å². The maximum Gasteiger partial charge on any atom is 0.261 e. The minimum Gasteiger partial charge on any atom is -0.497 e. The third-order valence-corrected chi connectivity index (χ3v) is 8.20. The lowest BCUT2D eigenvalue weighted by atomic mass is 9.67. The molecule has 36 heavy (non-hydrogen) atoms. The Kier molecular flexibility index (Phi) is 5.45. The summed E-state index contributed by atoms with van der Waals surface area (Å²) in [6, 6.07) is 22.1. The molecule has 184 valence electrons. The number of piperazine rings is 1. The van der Waals surface area contributed by atoms with E-state index in [2.05, 4.69) is 28.0 Å². The van der Waals surface area contributed by atoms with Crippen molar-refractivity contribution < 1.29 is 9.53 Å². The van der Waals surface area contributed by atoms with E-state index in [1.54, 1.807) is 12.1 Å². The normalized spacial score (nSPS) is 23.0. The van der Waals surface area contributed by atoms with E-state index in [9.17, 15) is 4.79 Å². The van der Waals surface area contributed by atoms with Gasteiger partial charge in [-0.1, -0.05) is 35.4 Å². The third-order valence-electron chi connectivity index (χ3n) is 7.96. The Morgan fingerprint density at radius 1 is 0.972 bits per heavy atom. The first-order chi connectivity index (χ1) is 17.4. The smallest absolute Gasteiger partial charge is 0.261 e. The molecular formula is C29H29ClN4O2. The standard InChI is InChI=1S/C29H29ClN4O2/c1-19-4-8-24(9-5-19)34-28(35)29(20(2)31-34)17-21-6-7-22(30)16-26(21)33-15-14-32(18-27(29)33)23-10-12-25(36-3)13-11-23/h4-13,16,27H,14-15,17-18H2,1-3H3/t27-,29-/m1/s1. The molecular weight excluding hydrogens is 472 g/mol. The number of nitrogens with zero attached hydrogens (tertiary/aromatic N) is 4. The molecule has 2 atom stereocenters. The minimum absolute atomic E-state index is 0.0380. The van der Waals surface area contributed by atoms with Gasteiger partial charge in [0.15, 0.2) is 0 Å². The van der Waals surface area contributed by atoms with Crippen molar-refractivity contribution in [1.29, 1.82) is 0 Å². The third kappa shape index (κ3) is 3.46. The Hall–Kier alpha value is -3.51. The number of benzene rings is 3. The van der Waals surface area contributed by atoms with Crippen LogP contribution in [0.25, 0.3) is 0 Å². The van der Waals surface area contributed by atoms with Crippen LogP contribution in [0.5, 0.6) is 5.75 Å². The van der Waals surface area contributed by atoms with Crippen LogP contribution in [0.3, 0.4) is 0 Å². The van der Waals surface area contributed by atoms with Gasteiger partial charge in [0.25, 0.3) is 5.91 Å². The highest BCUT2D eigenvalue weighted by atomic mass is 35.5. The zero-order valence-corrected chi connectivity index (χ0v) is 21.5. The summed E-state index contributed by atoms with van der Waals surface area (Å²) >= 11 is 6.44. The number of carbonyl (C=O) groups is 1. The highest BCUT2D eigenvalue weighted by Crippen LogP contribution is 2.49. The number of ether oxygens (including phenoxy) is 1. The second-order valence-electron chi connectivity index (χ2n) is 9.91. The summed E-state index contributed by atoms with van der Waals surface area (Å²) in [5.41, 5.74) is 5.45. The number of anilines is 3. The van der Waals surface area contributed by atoms with Crippen molar-refractivity contribution in [2.75, 3.05) is 41.6 Å². The monoisotopic (exact) mass is 500 g/mol. The molecule has 1 spiro atoms. The maximum absolute atomic E-state index is 14.4. The molecule has 3 aliphatic rings. The summed E-state index contributed by atoms with van der Waals surface area (Å²) in [7, 11) is 1.68. The molecule has 3 aliphatic heterocycles. The predicted octanol–water partition coefficient (Wildman–Crippen LogP) is 5.32. The van der Waals surface area contributed by atoms with Crippen molar-refractivity contribution in [2.24, 2.45) is 10.5 Å². The molecule has 3 aromatic rings. The number of hydrazone groups is 1. The van der Waals surface area contributed by atoms with Gasteiger partial charge in [-0.3, -0.25) is 4.79 Å². The summed E-state index contributed by atoms with van der Waals surface area (Å²) in [6.07, 6.45) is 0.605. The Labute approximate surface area is 216 Å². The van der Waals surface area contributed by atoms with Gasteiger partial charge in [-0.25, -0.2) is 0 Å². The number of fused-ring (bicyclic) bond motifs is 4. The van der Waals surface area contributed by atoms with Gasteiger partial charge in [0, 0.05) is 36.0 Å². The average Bonchev–Trinajstić information content (AvgIpc) is 3.15. The first kappa shape index (κ1) is 22.9. The predicted molar refractivity (Wildman–Crippen MR) is 146 cm³/mol. The number of hydrogen-bond acceptors (Lipinski definition) is 5. The van der Waals surface area contributed by atoms with E-state index in [1.807, 2.05) is 62.4 Å². The van der Waals surface area contributed by atoms with Crippen LogP contribution < -0.4 is 19.5 Å². The Morgan fingerprint density at radius 2 is 1.69 bits per heavy atom. The fourth-order valence-corrected chi connectivity index (χ4v) is 6.14. The van der Waals surface area contributed by atoms with Crippen LogP contribution in [-0.4, -0.2) is 44.4 Å². The molecule has 1 fully saturated rings. The second-order valence-corrected chi connectivity index (χ2v) is 10.3. The van der Waals surface area contributed by atoms with Crippen molar-refractivity contribution in [1.82, 2.24) is 0 Å². The molecule has 3 aromatic carbocycles. The van der Waals surface area contributed by atoms with Crippen LogP contribution in [0.2, 0.25) is 5.02 Å². The zero-order chi connectivity index (χ0) is 25.0. The molecule has 1 amide bonds. The van der Waals surface area contributed by atoms with Crippen molar-refractivity contribution >= 4 is 40.3 Å². The van der Waals surface area contributed by atoms with Gasteiger partial charge in [0.2, 0.25) is 0 Å². The molecule has 0 unspecified atom stereocenters. The van der Waals surface area contributed by atoms with E-state index < -0.39 is 5.41 Å². The van der Waals surface area contributed by atoms with Gasteiger partial charge >= 0.3 is 0 Å². The summed E-state index contributed by atoms with van der Waals surface area (Å²) in [6.45, 7) is 6.40. The van der Waals surface area contributed by atoms with Gasteiger partial charge < -0.3 is 14.5 Å². The van der Waals surface area contributed by atoms with E-state index in [0.29, 0.717) is 18.0 Å². The van der Waals surface area contributed by atoms with Gasteiger partial charge in [-0.15, -0.1) is 0 Å². The maximum atomic E-state index is 14.4. The van der Waals surface area contributed by atoms with Crippen molar-refractivity contribution in [3.63, 3.8) is 0 Å². The van der Waals surface area contributed by atoms with Crippen LogP contribution in [0.1, 0.15) is 18.1 Å². The molecule has 1 saturated heterocycles.